The molecule has 3 aromatic rings. The molecule has 0 saturated heterocycles. The largest absolute Gasteiger partial charge is 0.493 e. The van der Waals surface area contributed by atoms with Gasteiger partial charge in [-0.3, -0.25) is 9.56 Å². The monoisotopic (exact) mass is 378 g/mol. The van der Waals surface area contributed by atoms with Crippen LogP contribution in [0.5, 0.6) is 5.88 Å². The smallest absolute Gasteiger partial charge is 0.210 e. The topological polar surface area (TPSA) is 37.5 Å². The maximum Gasteiger partial charge on any atom is 0.210 e. The van der Waals surface area contributed by atoms with Crippen LogP contribution in [0.15, 0.2) is 53.5 Å². The number of aryl methyl sites for hydroxylation is 1. The Hall–Kier alpha value is -2.50. The van der Waals surface area contributed by atoms with E-state index in [9.17, 15) is 5.11 Å². The first kappa shape index (κ1) is 16.9. The number of aromatic hydroxyl groups is 1. The summed E-state index contributed by atoms with van der Waals surface area (Å²) in [5.74, 6) is 0.213. The van der Waals surface area contributed by atoms with Crippen LogP contribution in [0.3, 0.4) is 0 Å². The minimum Gasteiger partial charge on any atom is -0.493 e. The Bertz CT molecular complexity index is 1100. The van der Waals surface area contributed by atoms with Crippen LogP contribution in [0.2, 0.25) is 0 Å². The minimum atomic E-state index is 0.213. The molecule has 1 aliphatic heterocycles. The van der Waals surface area contributed by atoms with Crippen LogP contribution in [-0.2, 0) is 6.54 Å². The molecule has 1 N–H and O–H groups in total. The van der Waals surface area contributed by atoms with Gasteiger partial charge in [-0.1, -0.05) is 48.0 Å². The van der Waals surface area contributed by atoms with Gasteiger partial charge >= 0.3 is 0 Å². The van der Waals surface area contributed by atoms with E-state index in [1.54, 1.807) is 4.57 Å². The predicted octanol–water partition coefficient (Wildman–Crippen LogP) is 5.99. The van der Waals surface area contributed by atoms with E-state index in [1.165, 1.54) is 16.9 Å². The van der Waals surface area contributed by atoms with E-state index in [4.69, 9.17) is 12.2 Å². The molecule has 0 atom stereocenters. The third kappa shape index (κ3) is 3.04. The summed E-state index contributed by atoms with van der Waals surface area (Å²) in [6.07, 6.45) is 1.99. The molecule has 5 heteroatoms. The van der Waals surface area contributed by atoms with Gasteiger partial charge in [0.15, 0.2) is 3.95 Å². The van der Waals surface area contributed by atoms with E-state index >= 15 is 0 Å². The first-order chi connectivity index (χ1) is 12.5. The Morgan fingerprint density at radius 1 is 1.12 bits per heavy atom. The van der Waals surface area contributed by atoms with Crippen LogP contribution in [-0.4, -0.2) is 15.4 Å². The lowest BCUT2D eigenvalue weighted by atomic mass is 10.0. The molecule has 0 saturated carbocycles. The first-order valence-corrected chi connectivity index (χ1v) is 9.60. The SMILES string of the molecule is CC1=Nc2ccccc2/C1=C/c1sc(=S)n(Cc2ccc(C)cc2)c1O. The first-order valence-electron chi connectivity index (χ1n) is 8.38. The molecular formula is C21H18N2OS2. The van der Waals surface area contributed by atoms with Gasteiger partial charge in [0, 0.05) is 16.8 Å². The van der Waals surface area contributed by atoms with E-state index in [0.29, 0.717) is 10.5 Å². The fourth-order valence-electron chi connectivity index (χ4n) is 3.07. The average Bonchev–Trinajstić information content (AvgIpc) is 3.08. The van der Waals surface area contributed by atoms with Crippen LogP contribution >= 0.6 is 23.6 Å². The molecule has 2 aromatic carbocycles. The van der Waals surface area contributed by atoms with Crippen molar-refractivity contribution in [1.29, 1.82) is 0 Å². The third-order valence-electron chi connectivity index (χ3n) is 4.50. The van der Waals surface area contributed by atoms with Gasteiger partial charge in [-0.15, -0.1) is 11.3 Å². The third-order valence-corrected chi connectivity index (χ3v) is 5.89. The zero-order valence-electron chi connectivity index (χ0n) is 14.6. The molecular weight excluding hydrogens is 360 g/mol. The van der Waals surface area contributed by atoms with Crippen LogP contribution in [0.25, 0.3) is 11.6 Å². The number of benzene rings is 2. The lowest BCUT2D eigenvalue weighted by Gasteiger charge is -2.06. The summed E-state index contributed by atoms with van der Waals surface area (Å²) in [4.78, 5) is 5.37. The van der Waals surface area contributed by atoms with E-state index in [1.807, 2.05) is 31.2 Å². The fraction of sp³-hybridized carbons (Fsp3) is 0.143. The highest BCUT2D eigenvalue weighted by atomic mass is 32.1. The van der Waals surface area contributed by atoms with Crippen molar-refractivity contribution in [3.63, 3.8) is 0 Å². The highest BCUT2D eigenvalue weighted by molar-refractivity contribution is 7.73. The maximum absolute atomic E-state index is 10.7. The van der Waals surface area contributed by atoms with Gasteiger partial charge in [0.25, 0.3) is 0 Å². The minimum absolute atomic E-state index is 0.213. The zero-order valence-corrected chi connectivity index (χ0v) is 16.2. The second kappa shape index (κ2) is 6.67. The molecule has 4 rings (SSSR count). The summed E-state index contributed by atoms with van der Waals surface area (Å²) in [6.45, 7) is 4.62. The molecule has 1 aromatic heterocycles. The Labute approximate surface area is 161 Å². The number of aromatic nitrogens is 1. The summed E-state index contributed by atoms with van der Waals surface area (Å²) < 4.78 is 2.44. The second-order valence-electron chi connectivity index (χ2n) is 6.40. The highest BCUT2D eigenvalue weighted by Crippen LogP contribution is 2.38. The van der Waals surface area contributed by atoms with Gasteiger partial charge in [0.2, 0.25) is 5.88 Å². The van der Waals surface area contributed by atoms with Crippen LogP contribution < -0.4 is 0 Å². The summed E-state index contributed by atoms with van der Waals surface area (Å²) in [6, 6.07) is 16.3. The van der Waals surface area contributed by atoms with Crippen molar-refractivity contribution in [2.24, 2.45) is 4.99 Å². The summed E-state index contributed by atoms with van der Waals surface area (Å²) >= 11 is 6.92. The number of allylic oxidation sites excluding steroid dienone is 1. The molecule has 26 heavy (non-hydrogen) atoms. The number of fused-ring (bicyclic) bond motifs is 1. The number of thiazole rings is 1. The molecule has 1 aliphatic rings. The number of aliphatic imine (C=N–C) groups is 1. The number of rotatable bonds is 3. The van der Waals surface area contributed by atoms with Crippen molar-refractivity contribution in [2.45, 2.75) is 20.4 Å². The van der Waals surface area contributed by atoms with Gasteiger partial charge in [0.05, 0.1) is 17.1 Å². The second-order valence-corrected chi connectivity index (χ2v) is 8.08. The van der Waals surface area contributed by atoms with Crippen molar-refractivity contribution in [3.8, 4) is 5.88 Å². The number of nitrogens with zero attached hydrogens (tertiary/aromatic N) is 2. The molecule has 2 heterocycles. The Morgan fingerprint density at radius 3 is 2.62 bits per heavy atom. The van der Waals surface area contributed by atoms with Gasteiger partial charge < -0.3 is 5.11 Å². The standard InChI is InChI=1S/C21H18N2OS2/c1-13-7-9-15(10-8-13)12-23-20(24)19(26-21(23)25)11-17-14(2)22-18-6-4-3-5-16(17)18/h3-11,24H,12H2,1-2H3/b17-11+. The van der Waals surface area contributed by atoms with Gasteiger partial charge in [-0.2, -0.15) is 0 Å². The fourth-order valence-corrected chi connectivity index (χ4v) is 4.32. The molecule has 0 bridgehead atoms. The van der Waals surface area contributed by atoms with E-state index in [0.717, 1.165) is 33.0 Å². The number of para-hydroxylation sites is 1. The average molecular weight is 379 g/mol. The van der Waals surface area contributed by atoms with Crippen molar-refractivity contribution in [2.75, 3.05) is 0 Å². The lowest BCUT2D eigenvalue weighted by molar-refractivity contribution is 0.422. The molecule has 0 radical (unpaired) electrons. The molecule has 130 valence electrons. The molecule has 0 aliphatic carbocycles. The number of hydrogen-bond donors (Lipinski definition) is 1. The lowest BCUT2D eigenvalue weighted by Crippen LogP contribution is -1.99. The van der Waals surface area contributed by atoms with Gasteiger partial charge in [0.1, 0.15) is 0 Å². The summed E-state index contributed by atoms with van der Waals surface area (Å²) in [5, 5.41) is 10.7. The normalized spacial score (nSPS) is 14.5. The van der Waals surface area contributed by atoms with Crippen LogP contribution in [0, 0.1) is 10.9 Å². The van der Waals surface area contributed by atoms with Crippen LogP contribution in [0.1, 0.15) is 28.5 Å². The summed E-state index contributed by atoms with van der Waals surface area (Å²) in [5.41, 5.74) is 6.38. The van der Waals surface area contributed by atoms with E-state index in [-0.39, 0.29) is 5.88 Å². The van der Waals surface area contributed by atoms with E-state index < -0.39 is 0 Å². The predicted molar refractivity (Wildman–Crippen MR) is 112 cm³/mol. The zero-order chi connectivity index (χ0) is 18.3. The maximum atomic E-state index is 10.7. The molecule has 0 unspecified atom stereocenters. The molecule has 0 amide bonds. The molecule has 0 fully saturated rings. The Morgan fingerprint density at radius 2 is 1.85 bits per heavy atom. The van der Waals surface area contributed by atoms with Crippen LogP contribution in [0.4, 0.5) is 5.69 Å². The summed E-state index contributed by atoms with van der Waals surface area (Å²) in [7, 11) is 0. The number of hydrogen-bond acceptors (Lipinski definition) is 4. The van der Waals surface area contributed by atoms with Crippen molar-refractivity contribution in [1.82, 2.24) is 4.57 Å². The Balaban J connectivity index is 1.72. The van der Waals surface area contributed by atoms with Crippen molar-refractivity contribution >= 4 is 46.6 Å². The van der Waals surface area contributed by atoms with Gasteiger partial charge in [-0.25, -0.2) is 0 Å². The van der Waals surface area contributed by atoms with Crippen molar-refractivity contribution < 1.29 is 5.11 Å². The Kier molecular flexibility index (Phi) is 4.34. The molecule has 0 spiro atoms. The molecule has 3 nitrogen and oxygen atoms in total. The quantitative estimate of drug-likeness (QED) is 0.569. The van der Waals surface area contributed by atoms with Crippen molar-refractivity contribution in [3.05, 3.63) is 74.1 Å². The van der Waals surface area contributed by atoms with Gasteiger partial charge in [-0.05, 0) is 43.8 Å². The van der Waals surface area contributed by atoms with E-state index in [2.05, 4.69) is 42.2 Å². The highest BCUT2D eigenvalue weighted by Gasteiger charge is 2.19.